The molecule has 0 saturated carbocycles. The lowest BCUT2D eigenvalue weighted by Gasteiger charge is -2.01. The van der Waals surface area contributed by atoms with Gasteiger partial charge in [0.15, 0.2) is 0 Å². The fourth-order valence-corrected chi connectivity index (χ4v) is 1.50. The molecule has 0 N–H and O–H groups in total. The molecular formula is C15H10FNO3. The van der Waals surface area contributed by atoms with Crippen molar-refractivity contribution in [3.8, 4) is 17.6 Å². The summed E-state index contributed by atoms with van der Waals surface area (Å²) in [6.07, 6.45) is 0. The van der Waals surface area contributed by atoms with Gasteiger partial charge in [0.2, 0.25) is 5.82 Å². The highest BCUT2D eigenvalue weighted by atomic mass is 19.1. The summed E-state index contributed by atoms with van der Waals surface area (Å²) in [5.41, 5.74) is 0.277. The molecule has 0 amide bonds. The average molecular weight is 271 g/mol. The van der Waals surface area contributed by atoms with Crippen LogP contribution < -0.4 is 4.74 Å². The van der Waals surface area contributed by atoms with Crippen molar-refractivity contribution in [2.24, 2.45) is 0 Å². The predicted octanol–water partition coefficient (Wildman–Crippen LogP) is 3.16. The van der Waals surface area contributed by atoms with Crippen molar-refractivity contribution in [2.45, 2.75) is 0 Å². The van der Waals surface area contributed by atoms with Crippen LogP contribution in [0.4, 0.5) is 10.1 Å². The normalized spacial score (nSPS) is 9.45. The van der Waals surface area contributed by atoms with E-state index in [0.29, 0.717) is 0 Å². The van der Waals surface area contributed by atoms with Gasteiger partial charge in [-0.3, -0.25) is 10.1 Å². The zero-order chi connectivity index (χ0) is 14.4. The molecule has 2 aromatic rings. The van der Waals surface area contributed by atoms with E-state index in [0.717, 1.165) is 17.7 Å². The number of benzene rings is 2. The molecule has 0 heterocycles. The van der Waals surface area contributed by atoms with Crippen molar-refractivity contribution < 1.29 is 14.1 Å². The third-order valence-electron chi connectivity index (χ3n) is 2.43. The maximum absolute atomic E-state index is 13.3. The van der Waals surface area contributed by atoms with Gasteiger partial charge in [-0.1, -0.05) is 30.0 Å². The zero-order valence-corrected chi connectivity index (χ0v) is 10.4. The molecule has 0 spiro atoms. The number of hydrogen-bond acceptors (Lipinski definition) is 3. The van der Waals surface area contributed by atoms with Gasteiger partial charge in [0.05, 0.1) is 4.92 Å². The van der Waals surface area contributed by atoms with Crippen molar-refractivity contribution in [3.63, 3.8) is 0 Å². The highest BCUT2D eigenvalue weighted by Gasteiger charge is 2.13. The Hall–Kier alpha value is -2.87. The minimum absolute atomic E-state index is 0.0755. The third-order valence-corrected chi connectivity index (χ3v) is 2.43. The van der Waals surface area contributed by atoms with Gasteiger partial charge in [0.25, 0.3) is 0 Å². The second kappa shape index (κ2) is 6.34. The molecule has 0 saturated heterocycles. The average Bonchev–Trinajstić information content (AvgIpc) is 2.44. The van der Waals surface area contributed by atoms with E-state index in [2.05, 4.69) is 11.8 Å². The van der Waals surface area contributed by atoms with Gasteiger partial charge >= 0.3 is 5.69 Å². The first kappa shape index (κ1) is 13.6. The van der Waals surface area contributed by atoms with E-state index in [1.54, 1.807) is 0 Å². The molecule has 0 aromatic heterocycles. The number of hydrogen-bond donors (Lipinski definition) is 0. The minimum atomic E-state index is -0.927. The van der Waals surface area contributed by atoms with E-state index in [-0.39, 0.29) is 12.4 Å². The second-order valence-corrected chi connectivity index (χ2v) is 3.83. The highest BCUT2D eigenvalue weighted by Crippen LogP contribution is 2.22. The van der Waals surface area contributed by atoms with Crippen LogP contribution in [0.1, 0.15) is 5.56 Å². The van der Waals surface area contributed by atoms with Gasteiger partial charge < -0.3 is 4.74 Å². The number of ether oxygens (including phenoxy) is 1. The van der Waals surface area contributed by atoms with Crippen molar-refractivity contribution in [1.29, 1.82) is 0 Å². The van der Waals surface area contributed by atoms with Gasteiger partial charge in [-0.2, -0.15) is 4.39 Å². The molecule has 0 radical (unpaired) electrons. The van der Waals surface area contributed by atoms with Crippen LogP contribution in [0.3, 0.4) is 0 Å². The van der Waals surface area contributed by atoms with Crippen molar-refractivity contribution in [1.82, 2.24) is 0 Å². The predicted molar refractivity (Wildman–Crippen MR) is 71.9 cm³/mol. The van der Waals surface area contributed by atoms with E-state index in [1.165, 1.54) is 6.07 Å². The number of halogens is 1. The van der Waals surface area contributed by atoms with E-state index >= 15 is 0 Å². The van der Waals surface area contributed by atoms with Crippen LogP contribution in [0, 0.1) is 27.8 Å². The van der Waals surface area contributed by atoms with Crippen molar-refractivity contribution in [2.75, 3.05) is 6.61 Å². The Bertz CT molecular complexity index is 675. The molecule has 0 aliphatic heterocycles. The molecule has 0 aliphatic carbocycles. The molecule has 5 heteroatoms. The maximum Gasteiger partial charge on any atom is 0.305 e. The fraction of sp³-hybridized carbons (Fsp3) is 0.0667. The summed E-state index contributed by atoms with van der Waals surface area (Å²) in [7, 11) is 0. The van der Waals surface area contributed by atoms with Crippen LogP contribution in [-0.2, 0) is 0 Å². The van der Waals surface area contributed by atoms with E-state index in [9.17, 15) is 14.5 Å². The standard InChI is InChI=1S/C15H10FNO3/c16-14-11-13(8-9-15(14)17(18)19)20-10-4-7-12-5-2-1-3-6-12/h1-3,5-6,8-9,11H,10H2. The van der Waals surface area contributed by atoms with Crippen LogP contribution in [0.25, 0.3) is 0 Å². The second-order valence-electron chi connectivity index (χ2n) is 3.83. The molecule has 0 aliphatic rings. The molecule has 20 heavy (non-hydrogen) atoms. The Morgan fingerprint density at radius 2 is 1.95 bits per heavy atom. The zero-order valence-electron chi connectivity index (χ0n) is 10.4. The lowest BCUT2D eigenvalue weighted by atomic mass is 10.2. The van der Waals surface area contributed by atoms with Gasteiger partial charge in [-0.25, -0.2) is 0 Å². The van der Waals surface area contributed by atoms with Crippen molar-refractivity contribution >= 4 is 5.69 Å². The first-order valence-corrected chi connectivity index (χ1v) is 5.77. The highest BCUT2D eigenvalue weighted by molar-refractivity contribution is 5.38. The Morgan fingerprint density at radius 1 is 1.20 bits per heavy atom. The summed E-state index contributed by atoms with van der Waals surface area (Å²) < 4.78 is 18.5. The summed E-state index contributed by atoms with van der Waals surface area (Å²) in [6, 6.07) is 12.7. The van der Waals surface area contributed by atoms with Crippen LogP contribution in [0.2, 0.25) is 0 Å². The lowest BCUT2D eigenvalue weighted by molar-refractivity contribution is -0.387. The first-order valence-electron chi connectivity index (χ1n) is 5.77. The third kappa shape index (κ3) is 3.56. The topological polar surface area (TPSA) is 52.4 Å². The number of nitro benzene ring substituents is 1. The van der Waals surface area contributed by atoms with Crippen molar-refractivity contribution in [3.05, 3.63) is 70.0 Å². The Morgan fingerprint density at radius 3 is 2.60 bits per heavy atom. The smallest absolute Gasteiger partial charge is 0.305 e. The Kier molecular flexibility index (Phi) is 4.30. The monoisotopic (exact) mass is 271 g/mol. The molecule has 0 bridgehead atoms. The summed E-state index contributed by atoms with van der Waals surface area (Å²) >= 11 is 0. The quantitative estimate of drug-likeness (QED) is 0.489. The SMILES string of the molecule is O=[N+]([O-])c1ccc(OCC#Cc2ccccc2)cc1F. The van der Waals surface area contributed by atoms with Gasteiger partial charge in [-0.05, 0) is 18.2 Å². The molecule has 0 unspecified atom stereocenters. The number of rotatable bonds is 3. The number of nitrogens with zero attached hydrogens (tertiary/aromatic N) is 1. The minimum Gasteiger partial charge on any atom is -0.481 e. The Balaban J connectivity index is 1.97. The first-order chi connectivity index (χ1) is 9.66. The lowest BCUT2D eigenvalue weighted by Crippen LogP contribution is -1.97. The molecule has 0 fully saturated rings. The van der Waals surface area contributed by atoms with Crippen LogP contribution in [0.15, 0.2) is 48.5 Å². The molecule has 4 nitrogen and oxygen atoms in total. The summed E-state index contributed by atoms with van der Waals surface area (Å²) in [6.45, 7) is 0.0755. The summed E-state index contributed by atoms with van der Waals surface area (Å²) in [4.78, 5) is 9.67. The van der Waals surface area contributed by atoms with Gasteiger partial charge in [-0.15, -0.1) is 0 Å². The summed E-state index contributed by atoms with van der Waals surface area (Å²) in [5, 5.41) is 10.5. The molecule has 2 aromatic carbocycles. The maximum atomic E-state index is 13.3. The molecule has 100 valence electrons. The van der Waals surface area contributed by atoms with E-state index < -0.39 is 16.4 Å². The molecule has 2 rings (SSSR count). The fourth-order valence-electron chi connectivity index (χ4n) is 1.50. The Labute approximate surface area is 115 Å². The number of nitro groups is 1. The van der Waals surface area contributed by atoms with Gasteiger partial charge in [0, 0.05) is 17.7 Å². The summed E-state index contributed by atoms with van der Waals surface area (Å²) in [5.74, 6) is 4.94. The molecular weight excluding hydrogens is 261 g/mol. The van der Waals surface area contributed by atoms with Crippen LogP contribution in [0.5, 0.6) is 5.75 Å². The van der Waals surface area contributed by atoms with E-state index in [4.69, 9.17) is 4.74 Å². The van der Waals surface area contributed by atoms with Crippen LogP contribution >= 0.6 is 0 Å². The van der Waals surface area contributed by atoms with Gasteiger partial charge in [0.1, 0.15) is 12.4 Å². The van der Waals surface area contributed by atoms with Crippen LogP contribution in [-0.4, -0.2) is 11.5 Å². The largest absolute Gasteiger partial charge is 0.481 e. The molecule has 0 atom stereocenters. The van der Waals surface area contributed by atoms with E-state index in [1.807, 2.05) is 30.3 Å².